The number of thioether (sulfide) groups is 1. The first-order valence-corrected chi connectivity index (χ1v) is 7.99. The molecule has 20 heavy (non-hydrogen) atoms. The Labute approximate surface area is 124 Å². The lowest BCUT2D eigenvalue weighted by Gasteiger charge is -2.32. The van der Waals surface area contributed by atoms with Crippen molar-refractivity contribution in [2.45, 2.75) is 38.9 Å². The minimum atomic E-state index is -0.477. The van der Waals surface area contributed by atoms with E-state index in [0.29, 0.717) is 11.3 Å². The lowest BCUT2D eigenvalue weighted by Crippen LogP contribution is -2.41. The normalized spacial score (nSPS) is 20.1. The highest BCUT2D eigenvalue weighted by molar-refractivity contribution is 7.99. The molecule has 1 fully saturated rings. The van der Waals surface area contributed by atoms with Gasteiger partial charge in [-0.05, 0) is 40.0 Å². The highest BCUT2D eigenvalue weighted by Crippen LogP contribution is 2.36. The number of carbonyl (C=O) groups is 1. The second-order valence-electron chi connectivity index (χ2n) is 5.95. The summed E-state index contributed by atoms with van der Waals surface area (Å²) in [6.45, 7) is 8.01. The van der Waals surface area contributed by atoms with Gasteiger partial charge in [-0.3, -0.25) is 9.78 Å². The second-order valence-corrected chi connectivity index (χ2v) is 6.82. The summed E-state index contributed by atoms with van der Waals surface area (Å²) in [5.41, 5.74) is 0.607. The van der Waals surface area contributed by atoms with E-state index in [1.54, 1.807) is 12.4 Å². The summed E-state index contributed by atoms with van der Waals surface area (Å²) >= 11 is 1.50. The molecule has 0 unspecified atom stereocenters. The molecule has 0 radical (unpaired) electrons. The smallest absolute Gasteiger partial charge is 0.399 e. The lowest BCUT2D eigenvalue weighted by molar-refractivity contribution is 0.00578. The number of pyridine rings is 1. The number of nitrogens with zero attached hydrogens (tertiary/aromatic N) is 1. The molecule has 1 aliphatic heterocycles. The Morgan fingerprint density at radius 1 is 1.25 bits per heavy atom. The van der Waals surface area contributed by atoms with Crippen molar-refractivity contribution in [2.24, 2.45) is 0 Å². The van der Waals surface area contributed by atoms with Gasteiger partial charge in [0.1, 0.15) is 0 Å². The molecule has 2 rings (SSSR count). The molecule has 0 amide bonds. The largest absolute Gasteiger partial charge is 0.496 e. The maximum Gasteiger partial charge on any atom is 0.496 e. The van der Waals surface area contributed by atoms with E-state index >= 15 is 0 Å². The topological polar surface area (TPSA) is 48.4 Å². The summed E-state index contributed by atoms with van der Waals surface area (Å²) in [6.07, 6.45) is 5.19. The molecular formula is C14H20BNO3S. The molecular weight excluding hydrogens is 273 g/mol. The molecule has 0 aliphatic carbocycles. The fourth-order valence-electron chi connectivity index (χ4n) is 1.93. The van der Waals surface area contributed by atoms with Crippen molar-refractivity contribution in [2.75, 3.05) is 12.0 Å². The van der Waals surface area contributed by atoms with E-state index in [1.807, 2.05) is 40.0 Å². The quantitative estimate of drug-likeness (QED) is 0.627. The van der Waals surface area contributed by atoms with E-state index in [-0.39, 0.29) is 5.78 Å². The van der Waals surface area contributed by atoms with Crippen LogP contribution in [0.15, 0.2) is 18.5 Å². The van der Waals surface area contributed by atoms with Crippen LogP contribution in [0, 0.1) is 0 Å². The molecule has 0 spiro atoms. The summed E-state index contributed by atoms with van der Waals surface area (Å²) in [5, 5.41) is 0. The Balaban J connectivity index is 2.23. The maximum absolute atomic E-state index is 11.9. The zero-order valence-corrected chi connectivity index (χ0v) is 13.4. The van der Waals surface area contributed by atoms with Gasteiger partial charge in [0.05, 0.1) is 17.0 Å². The molecule has 108 valence electrons. The summed E-state index contributed by atoms with van der Waals surface area (Å²) < 4.78 is 11.9. The zero-order valence-electron chi connectivity index (χ0n) is 12.6. The average Bonchev–Trinajstić information content (AvgIpc) is 2.59. The molecule has 0 saturated carbocycles. The van der Waals surface area contributed by atoms with Gasteiger partial charge in [-0.1, -0.05) is 0 Å². The molecule has 0 N–H and O–H groups in total. The highest BCUT2D eigenvalue weighted by Gasteiger charge is 2.51. The maximum atomic E-state index is 11.9. The lowest BCUT2D eigenvalue weighted by atomic mass is 9.79. The predicted octanol–water partition coefficient (Wildman–Crippen LogP) is 1.93. The van der Waals surface area contributed by atoms with Crippen LogP contribution in [0.2, 0.25) is 0 Å². The van der Waals surface area contributed by atoms with Gasteiger partial charge in [-0.25, -0.2) is 0 Å². The van der Waals surface area contributed by atoms with E-state index in [2.05, 4.69) is 4.98 Å². The van der Waals surface area contributed by atoms with E-state index in [1.165, 1.54) is 11.8 Å². The van der Waals surface area contributed by atoms with E-state index < -0.39 is 18.3 Å². The van der Waals surface area contributed by atoms with Crippen LogP contribution in [0.4, 0.5) is 0 Å². The molecule has 1 aliphatic rings. The highest BCUT2D eigenvalue weighted by atomic mass is 32.2. The predicted molar refractivity (Wildman–Crippen MR) is 82.7 cm³/mol. The zero-order chi connectivity index (χ0) is 15.0. The average molecular weight is 293 g/mol. The monoisotopic (exact) mass is 293 g/mol. The van der Waals surface area contributed by atoms with Crippen LogP contribution in [0.3, 0.4) is 0 Å². The first-order valence-electron chi connectivity index (χ1n) is 6.59. The van der Waals surface area contributed by atoms with Gasteiger partial charge in [0, 0.05) is 23.4 Å². The molecule has 2 heterocycles. The van der Waals surface area contributed by atoms with Crippen molar-refractivity contribution < 1.29 is 14.1 Å². The molecule has 1 saturated heterocycles. The summed E-state index contributed by atoms with van der Waals surface area (Å²) in [4.78, 5) is 16.1. The SMILES string of the molecule is CSCC(=O)c1cncc(B2OC(C)(C)C(C)(C)O2)c1. The Hall–Kier alpha value is -0.845. The second kappa shape index (κ2) is 5.50. The minimum Gasteiger partial charge on any atom is -0.399 e. The van der Waals surface area contributed by atoms with Gasteiger partial charge >= 0.3 is 7.12 Å². The number of Topliss-reactive ketones (excluding diaryl/α,β-unsaturated/α-hetero) is 1. The van der Waals surface area contributed by atoms with Gasteiger partial charge in [0.15, 0.2) is 5.78 Å². The third kappa shape index (κ3) is 2.92. The molecule has 1 aromatic heterocycles. The number of rotatable bonds is 4. The summed E-state index contributed by atoms with van der Waals surface area (Å²) in [6, 6.07) is 1.81. The van der Waals surface area contributed by atoms with Gasteiger partial charge in [0.25, 0.3) is 0 Å². The molecule has 0 bridgehead atoms. The Morgan fingerprint density at radius 2 is 1.85 bits per heavy atom. The molecule has 1 aromatic rings. The van der Waals surface area contributed by atoms with Crippen LogP contribution >= 0.6 is 11.8 Å². The van der Waals surface area contributed by atoms with Crippen molar-refractivity contribution in [3.05, 3.63) is 24.0 Å². The minimum absolute atomic E-state index is 0.0726. The van der Waals surface area contributed by atoms with Gasteiger partial charge in [0.2, 0.25) is 0 Å². The van der Waals surface area contributed by atoms with Crippen molar-refractivity contribution in [1.82, 2.24) is 4.98 Å². The number of carbonyl (C=O) groups excluding carboxylic acids is 1. The van der Waals surface area contributed by atoms with Gasteiger partial charge < -0.3 is 9.31 Å². The molecule has 4 nitrogen and oxygen atoms in total. The van der Waals surface area contributed by atoms with Crippen LogP contribution < -0.4 is 5.46 Å². The number of hydrogen-bond acceptors (Lipinski definition) is 5. The van der Waals surface area contributed by atoms with Crippen molar-refractivity contribution in [3.8, 4) is 0 Å². The Morgan fingerprint density at radius 3 is 2.40 bits per heavy atom. The molecule has 0 atom stereocenters. The van der Waals surface area contributed by atoms with Crippen LogP contribution in [-0.2, 0) is 9.31 Å². The number of ketones is 1. The Bertz CT molecular complexity index is 503. The third-order valence-electron chi connectivity index (χ3n) is 3.88. The van der Waals surface area contributed by atoms with Crippen LogP contribution in [0.25, 0.3) is 0 Å². The van der Waals surface area contributed by atoms with Gasteiger partial charge in [-0.2, -0.15) is 11.8 Å². The number of aromatic nitrogens is 1. The fourth-order valence-corrected chi connectivity index (χ4v) is 2.36. The van der Waals surface area contributed by atoms with Crippen molar-refractivity contribution in [1.29, 1.82) is 0 Å². The van der Waals surface area contributed by atoms with Gasteiger partial charge in [-0.15, -0.1) is 0 Å². The van der Waals surface area contributed by atoms with Crippen LogP contribution in [-0.4, -0.2) is 41.1 Å². The van der Waals surface area contributed by atoms with E-state index in [4.69, 9.17) is 9.31 Å². The summed E-state index contributed by atoms with van der Waals surface area (Å²) in [5.74, 6) is 0.525. The van der Waals surface area contributed by atoms with Crippen LogP contribution in [0.1, 0.15) is 38.1 Å². The fraction of sp³-hybridized carbons (Fsp3) is 0.571. The standard InChI is InChI=1S/C14H20BNO3S/c1-13(2)14(3,4)19-15(18-13)11-6-10(7-16-8-11)12(17)9-20-5/h6-8H,9H2,1-5H3. The first kappa shape index (κ1) is 15.5. The van der Waals surface area contributed by atoms with Crippen LogP contribution in [0.5, 0.6) is 0 Å². The van der Waals surface area contributed by atoms with Crippen molar-refractivity contribution in [3.63, 3.8) is 0 Å². The van der Waals surface area contributed by atoms with E-state index in [9.17, 15) is 4.79 Å². The third-order valence-corrected chi connectivity index (χ3v) is 4.43. The van der Waals surface area contributed by atoms with Crippen molar-refractivity contribution >= 4 is 30.1 Å². The Kier molecular flexibility index (Phi) is 4.28. The summed E-state index contributed by atoms with van der Waals surface area (Å²) in [7, 11) is -0.477. The van der Waals surface area contributed by atoms with E-state index in [0.717, 1.165) is 5.46 Å². The first-order chi connectivity index (χ1) is 9.27. The molecule has 6 heteroatoms. The number of hydrogen-bond donors (Lipinski definition) is 0. The molecule has 0 aromatic carbocycles.